The zero-order valence-electron chi connectivity index (χ0n) is 13.6. The van der Waals surface area contributed by atoms with Gasteiger partial charge in [-0.25, -0.2) is 18.0 Å². The van der Waals surface area contributed by atoms with Crippen LogP contribution in [0, 0.1) is 24.4 Å². The van der Waals surface area contributed by atoms with Crippen LogP contribution in [0.4, 0.5) is 24.5 Å². The Kier molecular flexibility index (Phi) is 4.62. The van der Waals surface area contributed by atoms with Gasteiger partial charge in [0.25, 0.3) is 0 Å². The lowest BCUT2D eigenvalue weighted by molar-refractivity contribution is 0.0698. The summed E-state index contributed by atoms with van der Waals surface area (Å²) in [5.74, 6) is -4.51. The molecule has 1 aromatic heterocycles. The second-order valence-corrected chi connectivity index (χ2v) is 5.63. The van der Waals surface area contributed by atoms with Crippen molar-refractivity contribution < 1.29 is 23.1 Å². The number of nitrogens with one attached hydrogen (secondary N) is 1. The fourth-order valence-corrected chi connectivity index (χ4v) is 2.48. The van der Waals surface area contributed by atoms with Gasteiger partial charge in [-0.2, -0.15) is 0 Å². The highest BCUT2D eigenvalue weighted by Gasteiger charge is 2.17. The molecule has 3 aromatic rings. The Morgan fingerprint density at radius 1 is 1.04 bits per heavy atom. The summed E-state index contributed by atoms with van der Waals surface area (Å²) in [6.07, 6.45) is 1.28. The fourth-order valence-electron chi connectivity index (χ4n) is 2.48. The summed E-state index contributed by atoms with van der Waals surface area (Å²) in [4.78, 5) is 15.3. The molecule has 7 heteroatoms. The third-order valence-electron chi connectivity index (χ3n) is 3.75. The lowest BCUT2D eigenvalue weighted by atomic mass is 10.1. The van der Waals surface area contributed by atoms with Gasteiger partial charge < -0.3 is 10.4 Å². The van der Waals surface area contributed by atoms with Crippen molar-refractivity contribution in [2.45, 2.75) is 6.92 Å². The van der Waals surface area contributed by atoms with E-state index in [0.29, 0.717) is 17.4 Å². The van der Waals surface area contributed by atoms with Crippen molar-refractivity contribution in [1.82, 2.24) is 4.98 Å². The van der Waals surface area contributed by atoms with Crippen LogP contribution in [0.5, 0.6) is 0 Å². The van der Waals surface area contributed by atoms with Crippen molar-refractivity contribution in [3.05, 3.63) is 77.2 Å². The van der Waals surface area contributed by atoms with Gasteiger partial charge in [-0.15, -0.1) is 0 Å². The first-order chi connectivity index (χ1) is 12.4. The van der Waals surface area contributed by atoms with E-state index in [4.69, 9.17) is 0 Å². The minimum absolute atomic E-state index is 0.0765. The highest BCUT2D eigenvalue weighted by Crippen LogP contribution is 2.28. The summed E-state index contributed by atoms with van der Waals surface area (Å²) in [6.45, 7) is 1.77. The van der Waals surface area contributed by atoms with Gasteiger partial charge in [0.05, 0.1) is 34.4 Å². The monoisotopic (exact) mass is 358 g/mol. The first kappa shape index (κ1) is 17.5. The molecule has 0 saturated heterocycles. The van der Waals surface area contributed by atoms with E-state index in [1.54, 1.807) is 19.1 Å². The molecule has 0 aliphatic carbocycles. The largest absolute Gasteiger partial charge is 0.478 e. The molecule has 0 aliphatic rings. The molecular formula is C19H13F3N2O2. The first-order valence-corrected chi connectivity index (χ1v) is 7.57. The molecule has 0 fully saturated rings. The molecule has 4 nitrogen and oxygen atoms in total. The number of hydrogen-bond acceptors (Lipinski definition) is 3. The first-order valence-electron chi connectivity index (χ1n) is 7.57. The molecule has 0 spiro atoms. The average Bonchev–Trinajstić information content (AvgIpc) is 2.61. The minimum Gasteiger partial charge on any atom is -0.478 e. The second kappa shape index (κ2) is 6.87. The number of rotatable bonds is 4. The number of carbonyl (C=O) groups is 1. The summed E-state index contributed by atoms with van der Waals surface area (Å²) < 4.78 is 41.0. The molecule has 0 aliphatic heterocycles. The van der Waals surface area contributed by atoms with Crippen LogP contribution in [0.2, 0.25) is 0 Å². The van der Waals surface area contributed by atoms with Crippen LogP contribution in [-0.4, -0.2) is 16.1 Å². The Labute approximate surface area is 146 Å². The molecule has 0 saturated carbocycles. The molecule has 132 valence electrons. The van der Waals surface area contributed by atoms with E-state index in [2.05, 4.69) is 10.3 Å². The number of nitrogens with zero attached hydrogens (tertiary/aromatic N) is 1. The van der Waals surface area contributed by atoms with E-state index in [1.807, 2.05) is 0 Å². The molecule has 0 bridgehead atoms. The maximum Gasteiger partial charge on any atom is 0.337 e. The predicted molar refractivity (Wildman–Crippen MR) is 91.0 cm³/mol. The Balaban J connectivity index is 1.93. The van der Waals surface area contributed by atoms with Crippen LogP contribution in [0.1, 0.15) is 15.9 Å². The van der Waals surface area contributed by atoms with Crippen molar-refractivity contribution in [2.75, 3.05) is 5.32 Å². The zero-order chi connectivity index (χ0) is 18.8. The number of carboxylic acid groups (broad SMARTS) is 1. The van der Waals surface area contributed by atoms with Crippen molar-refractivity contribution in [3.63, 3.8) is 0 Å². The maximum absolute atomic E-state index is 13.8. The standard InChI is InChI=1S/C19H13F3N2O2/c1-10-2-6-15(12(8-10)19(25)26)24-11-3-7-16(23-9-11)17-13(20)4-5-14(21)18(17)22/h2-9,24H,1H3,(H,25,26). The minimum atomic E-state index is -1.31. The summed E-state index contributed by atoms with van der Waals surface area (Å²) >= 11 is 0. The van der Waals surface area contributed by atoms with E-state index >= 15 is 0 Å². The van der Waals surface area contributed by atoms with Crippen molar-refractivity contribution in [2.24, 2.45) is 0 Å². The SMILES string of the molecule is Cc1ccc(Nc2ccc(-c3c(F)ccc(F)c3F)nc2)c(C(=O)O)c1. The Morgan fingerprint density at radius 2 is 1.77 bits per heavy atom. The third kappa shape index (κ3) is 3.37. The maximum atomic E-state index is 13.8. The number of benzene rings is 2. The van der Waals surface area contributed by atoms with E-state index in [-0.39, 0.29) is 11.3 Å². The van der Waals surface area contributed by atoms with E-state index in [9.17, 15) is 23.1 Å². The number of aromatic nitrogens is 1. The topological polar surface area (TPSA) is 62.2 Å². The summed E-state index contributed by atoms with van der Waals surface area (Å²) in [5.41, 5.74) is 0.999. The van der Waals surface area contributed by atoms with E-state index < -0.39 is 29.0 Å². The highest BCUT2D eigenvalue weighted by atomic mass is 19.2. The Morgan fingerprint density at radius 3 is 2.42 bits per heavy atom. The van der Waals surface area contributed by atoms with Gasteiger partial charge in [0, 0.05) is 0 Å². The highest BCUT2D eigenvalue weighted by molar-refractivity contribution is 5.95. The lowest BCUT2D eigenvalue weighted by Gasteiger charge is -2.11. The molecule has 2 aromatic carbocycles. The molecule has 0 atom stereocenters. The van der Waals surface area contributed by atoms with Gasteiger partial charge in [-0.05, 0) is 43.3 Å². The van der Waals surface area contributed by atoms with Gasteiger partial charge >= 0.3 is 5.97 Å². The van der Waals surface area contributed by atoms with Crippen LogP contribution in [0.15, 0.2) is 48.7 Å². The Bertz CT molecular complexity index is 989. The van der Waals surface area contributed by atoms with Crippen molar-refractivity contribution >= 4 is 17.3 Å². The van der Waals surface area contributed by atoms with Gasteiger partial charge in [0.1, 0.15) is 5.82 Å². The molecule has 0 unspecified atom stereocenters. The van der Waals surface area contributed by atoms with Gasteiger partial charge in [-0.1, -0.05) is 11.6 Å². The summed E-state index contributed by atoms with van der Waals surface area (Å²) in [5, 5.41) is 12.2. The number of halogens is 3. The van der Waals surface area contributed by atoms with Crippen LogP contribution in [0.25, 0.3) is 11.3 Å². The van der Waals surface area contributed by atoms with Crippen LogP contribution in [0.3, 0.4) is 0 Å². The summed E-state index contributed by atoms with van der Waals surface area (Å²) in [6, 6.07) is 9.19. The number of hydrogen-bond donors (Lipinski definition) is 2. The zero-order valence-corrected chi connectivity index (χ0v) is 13.6. The van der Waals surface area contributed by atoms with Crippen LogP contribution in [-0.2, 0) is 0 Å². The predicted octanol–water partition coefficient (Wildman–Crippen LogP) is 4.92. The number of pyridine rings is 1. The van der Waals surface area contributed by atoms with Gasteiger partial charge in [0.2, 0.25) is 0 Å². The van der Waals surface area contributed by atoms with Crippen molar-refractivity contribution in [1.29, 1.82) is 0 Å². The fraction of sp³-hybridized carbons (Fsp3) is 0.0526. The van der Waals surface area contributed by atoms with E-state index in [0.717, 1.165) is 11.6 Å². The Hall–Kier alpha value is -3.35. The smallest absolute Gasteiger partial charge is 0.337 e. The quantitative estimate of drug-likeness (QED) is 0.650. The van der Waals surface area contributed by atoms with Gasteiger partial charge in [0.15, 0.2) is 11.6 Å². The average molecular weight is 358 g/mol. The van der Waals surface area contributed by atoms with Crippen molar-refractivity contribution in [3.8, 4) is 11.3 Å². The van der Waals surface area contributed by atoms with Crippen LogP contribution < -0.4 is 5.32 Å². The van der Waals surface area contributed by atoms with Gasteiger partial charge in [-0.3, -0.25) is 4.98 Å². The summed E-state index contributed by atoms with van der Waals surface area (Å²) in [7, 11) is 0. The molecule has 0 amide bonds. The molecule has 3 rings (SSSR count). The third-order valence-corrected chi connectivity index (χ3v) is 3.75. The molecule has 1 heterocycles. The van der Waals surface area contributed by atoms with Crippen LogP contribution >= 0.6 is 0 Å². The van der Waals surface area contributed by atoms with E-state index in [1.165, 1.54) is 24.4 Å². The molecule has 2 N–H and O–H groups in total. The number of aromatic carboxylic acids is 1. The molecule has 26 heavy (non-hydrogen) atoms. The number of anilines is 2. The number of aryl methyl sites for hydroxylation is 1. The normalized spacial score (nSPS) is 10.6. The second-order valence-electron chi connectivity index (χ2n) is 5.63. The lowest BCUT2D eigenvalue weighted by Crippen LogP contribution is -2.03. The molecular weight excluding hydrogens is 345 g/mol. The number of carboxylic acids is 1. The molecule has 0 radical (unpaired) electrons.